The highest BCUT2D eigenvalue weighted by molar-refractivity contribution is 6.31. The van der Waals surface area contributed by atoms with Crippen molar-refractivity contribution in [3.63, 3.8) is 0 Å². The summed E-state index contributed by atoms with van der Waals surface area (Å²) in [5.41, 5.74) is 4.78. The predicted molar refractivity (Wildman–Crippen MR) is 107 cm³/mol. The summed E-state index contributed by atoms with van der Waals surface area (Å²) >= 11 is 5.73. The number of hydrogen-bond acceptors (Lipinski definition) is 8. The Morgan fingerprint density at radius 3 is 2.50 bits per heavy atom. The zero-order valence-electron chi connectivity index (χ0n) is 15.3. The Kier molecular flexibility index (Phi) is 6.23. The van der Waals surface area contributed by atoms with Gasteiger partial charge < -0.3 is 10.1 Å². The fraction of sp³-hybridized carbons (Fsp3) is 0.0556. The first-order valence-electron chi connectivity index (χ1n) is 8.31. The van der Waals surface area contributed by atoms with E-state index in [0.29, 0.717) is 11.3 Å². The lowest BCUT2D eigenvalue weighted by atomic mass is 10.2. The van der Waals surface area contributed by atoms with E-state index in [0.717, 1.165) is 12.4 Å². The smallest absolute Gasteiger partial charge is 0.355 e. The number of methoxy groups -OCH3 is 1. The number of nitro groups is 1. The lowest BCUT2D eigenvalue weighted by molar-refractivity contribution is -0.383. The molecule has 0 bridgehead atoms. The van der Waals surface area contributed by atoms with Gasteiger partial charge >= 0.3 is 5.69 Å². The first kappa shape index (κ1) is 20.7. The van der Waals surface area contributed by atoms with Crippen LogP contribution in [-0.2, 0) is 0 Å². The molecular weight excluding hydrogens is 419 g/mol. The molecule has 0 radical (unpaired) electrons. The van der Waals surface area contributed by atoms with Crippen LogP contribution in [0.1, 0.15) is 10.4 Å². The average molecular weight is 433 g/mol. The number of ether oxygens (including phenoxy) is 1. The molecule has 0 aliphatic heterocycles. The number of benzene rings is 2. The summed E-state index contributed by atoms with van der Waals surface area (Å²) in [4.78, 5) is 30.7. The van der Waals surface area contributed by atoms with Crippen molar-refractivity contribution in [1.29, 1.82) is 0 Å². The molecule has 154 valence electrons. The minimum absolute atomic E-state index is 0.165. The Morgan fingerprint density at radius 2 is 1.87 bits per heavy atom. The Morgan fingerprint density at radius 1 is 1.17 bits per heavy atom. The van der Waals surface area contributed by atoms with Crippen LogP contribution < -0.4 is 20.9 Å². The normalized spacial score (nSPS) is 10.2. The van der Waals surface area contributed by atoms with Crippen molar-refractivity contribution >= 4 is 40.5 Å². The molecule has 3 rings (SSSR count). The number of hydrogen-bond donors (Lipinski definition) is 3. The molecule has 0 saturated carbocycles. The number of carbonyl (C=O) groups is 1. The van der Waals surface area contributed by atoms with Gasteiger partial charge in [-0.25, -0.2) is 14.4 Å². The fourth-order valence-corrected chi connectivity index (χ4v) is 2.56. The van der Waals surface area contributed by atoms with Gasteiger partial charge in [-0.15, -0.1) is 0 Å². The first-order chi connectivity index (χ1) is 14.4. The molecule has 1 aromatic heterocycles. The molecule has 3 aromatic rings. The molecule has 3 N–H and O–H groups in total. The van der Waals surface area contributed by atoms with Crippen LogP contribution in [0.15, 0.2) is 48.8 Å². The topological polar surface area (TPSA) is 131 Å². The molecule has 12 heteroatoms. The molecule has 0 fully saturated rings. The van der Waals surface area contributed by atoms with Crippen molar-refractivity contribution in [3.8, 4) is 5.75 Å². The summed E-state index contributed by atoms with van der Waals surface area (Å²) < 4.78 is 18.3. The van der Waals surface area contributed by atoms with E-state index in [1.54, 1.807) is 12.1 Å². The van der Waals surface area contributed by atoms with E-state index in [1.165, 1.54) is 31.4 Å². The van der Waals surface area contributed by atoms with Gasteiger partial charge in [0.1, 0.15) is 17.9 Å². The third-order valence-electron chi connectivity index (χ3n) is 3.83. The van der Waals surface area contributed by atoms with Gasteiger partial charge in [0.05, 0.1) is 17.1 Å². The molecule has 2 aromatic carbocycles. The van der Waals surface area contributed by atoms with Crippen molar-refractivity contribution in [2.75, 3.05) is 17.9 Å². The molecule has 30 heavy (non-hydrogen) atoms. The fourth-order valence-electron chi connectivity index (χ4n) is 2.38. The second kappa shape index (κ2) is 9.01. The van der Waals surface area contributed by atoms with Gasteiger partial charge in [-0.1, -0.05) is 11.6 Å². The number of amides is 1. The maximum absolute atomic E-state index is 13.3. The second-order valence-corrected chi connectivity index (χ2v) is 6.15. The SMILES string of the molecule is COc1ccc(C(=O)NNc2ncnc(Nc3ccc(F)c(Cl)c3)c2[N+](=O)[O-])cc1. The van der Waals surface area contributed by atoms with Crippen molar-refractivity contribution in [1.82, 2.24) is 15.4 Å². The number of carbonyl (C=O) groups excluding carboxylic acids is 1. The van der Waals surface area contributed by atoms with Crippen LogP contribution in [0.2, 0.25) is 5.02 Å². The molecule has 0 spiro atoms. The van der Waals surface area contributed by atoms with Gasteiger partial charge in [-0.05, 0) is 42.5 Å². The molecule has 0 unspecified atom stereocenters. The largest absolute Gasteiger partial charge is 0.497 e. The average Bonchev–Trinajstić information content (AvgIpc) is 2.74. The predicted octanol–water partition coefficient (Wildman–Crippen LogP) is 3.69. The molecule has 1 amide bonds. The number of rotatable bonds is 7. The highest BCUT2D eigenvalue weighted by Gasteiger charge is 2.24. The molecule has 1 heterocycles. The summed E-state index contributed by atoms with van der Waals surface area (Å²) in [6.45, 7) is 0. The number of anilines is 3. The van der Waals surface area contributed by atoms with Gasteiger partial charge in [0.25, 0.3) is 5.91 Å². The van der Waals surface area contributed by atoms with Crippen molar-refractivity contribution in [3.05, 3.63) is 75.3 Å². The lowest BCUT2D eigenvalue weighted by Crippen LogP contribution is -2.30. The third kappa shape index (κ3) is 4.70. The Bertz CT molecular complexity index is 1100. The highest BCUT2D eigenvalue weighted by Crippen LogP contribution is 2.31. The first-order valence-corrected chi connectivity index (χ1v) is 8.68. The van der Waals surface area contributed by atoms with E-state index in [4.69, 9.17) is 16.3 Å². The zero-order chi connectivity index (χ0) is 21.7. The number of nitrogens with one attached hydrogen (secondary N) is 3. The van der Waals surface area contributed by atoms with Gasteiger partial charge in [0, 0.05) is 11.3 Å². The van der Waals surface area contributed by atoms with Crippen LogP contribution >= 0.6 is 11.6 Å². The van der Waals surface area contributed by atoms with Crippen LogP contribution in [0, 0.1) is 15.9 Å². The van der Waals surface area contributed by atoms with Gasteiger partial charge in [-0.2, -0.15) is 0 Å². The number of nitrogens with zero attached hydrogens (tertiary/aromatic N) is 3. The van der Waals surface area contributed by atoms with E-state index in [2.05, 4.69) is 26.1 Å². The Balaban J connectivity index is 1.80. The summed E-state index contributed by atoms with van der Waals surface area (Å²) in [6.07, 6.45) is 1.06. The molecule has 0 aliphatic carbocycles. The summed E-state index contributed by atoms with van der Waals surface area (Å²) in [5, 5.41) is 14.1. The van der Waals surface area contributed by atoms with Crippen molar-refractivity contribution in [2.45, 2.75) is 0 Å². The molecule has 0 atom stereocenters. The monoisotopic (exact) mass is 432 g/mol. The van der Waals surface area contributed by atoms with Crippen LogP contribution in [-0.4, -0.2) is 27.9 Å². The summed E-state index contributed by atoms with van der Waals surface area (Å²) in [6, 6.07) is 9.93. The maximum Gasteiger partial charge on any atom is 0.355 e. The summed E-state index contributed by atoms with van der Waals surface area (Å²) in [5.74, 6) is -1.05. The number of halogens is 2. The lowest BCUT2D eigenvalue weighted by Gasteiger charge is -2.11. The summed E-state index contributed by atoms with van der Waals surface area (Å²) in [7, 11) is 1.50. The van der Waals surface area contributed by atoms with Crippen LogP contribution in [0.5, 0.6) is 5.75 Å². The van der Waals surface area contributed by atoms with E-state index < -0.39 is 22.3 Å². The zero-order valence-corrected chi connectivity index (χ0v) is 16.1. The molecular formula is C18H14ClFN6O4. The van der Waals surface area contributed by atoms with E-state index in [9.17, 15) is 19.3 Å². The quantitative estimate of drug-likeness (QED) is 0.380. The second-order valence-electron chi connectivity index (χ2n) is 5.74. The highest BCUT2D eigenvalue weighted by atomic mass is 35.5. The van der Waals surface area contributed by atoms with E-state index >= 15 is 0 Å². The maximum atomic E-state index is 13.3. The number of hydrazine groups is 1. The van der Waals surface area contributed by atoms with Crippen molar-refractivity contribution < 1.29 is 18.8 Å². The van der Waals surface area contributed by atoms with E-state index in [-0.39, 0.29) is 22.3 Å². The van der Waals surface area contributed by atoms with Crippen LogP contribution in [0.3, 0.4) is 0 Å². The van der Waals surface area contributed by atoms with Crippen LogP contribution in [0.25, 0.3) is 0 Å². The molecule has 10 nitrogen and oxygen atoms in total. The number of aromatic nitrogens is 2. The minimum Gasteiger partial charge on any atom is -0.497 e. The standard InChI is InChI=1S/C18H14ClFN6O4/c1-30-12-5-2-10(3-6-12)18(27)25-24-17-15(26(28)29)16(21-9-22-17)23-11-4-7-14(20)13(19)8-11/h2-9H,1H3,(H,25,27)(H2,21,22,23,24). The van der Waals surface area contributed by atoms with Crippen LogP contribution in [0.4, 0.5) is 27.4 Å². The van der Waals surface area contributed by atoms with Gasteiger partial charge in [-0.3, -0.25) is 25.8 Å². The minimum atomic E-state index is -0.727. The van der Waals surface area contributed by atoms with Crippen molar-refractivity contribution in [2.24, 2.45) is 0 Å². The Labute approximate surface area is 174 Å². The Hall–Kier alpha value is -3.99. The van der Waals surface area contributed by atoms with E-state index in [1.807, 2.05) is 0 Å². The molecule has 0 saturated heterocycles. The van der Waals surface area contributed by atoms with Gasteiger partial charge in [0.2, 0.25) is 11.6 Å². The molecule has 0 aliphatic rings. The third-order valence-corrected chi connectivity index (χ3v) is 4.12. The van der Waals surface area contributed by atoms with Gasteiger partial charge in [0.15, 0.2) is 0 Å².